The van der Waals surface area contributed by atoms with E-state index in [1.807, 2.05) is 17.0 Å². The molecule has 3 heterocycles. The fourth-order valence-electron chi connectivity index (χ4n) is 4.37. The summed E-state index contributed by atoms with van der Waals surface area (Å²) in [5.41, 5.74) is 1.06. The summed E-state index contributed by atoms with van der Waals surface area (Å²) in [4.78, 5) is 16.8. The van der Waals surface area contributed by atoms with Gasteiger partial charge in [-0.15, -0.1) is 0 Å². The van der Waals surface area contributed by atoms with Gasteiger partial charge in [0.15, 0.2) is 11.3 Å². The minimum atomic E-state index is -0.651. The molecule has 1 unspecified atom stereocenters. The Balaban J connectivity index is 1.34. The third-order valence-corrected chi connectivity index (χ3v) is 5.88. The van der Waals surface area contributed by atoms with E-state index >= 15 is 0 Å². The number of benzene rings is 1. The van der Waals surface area contributed by atoms with Gasteiger partial charge in [0.05, 0.1) is 24.8 Å². The largest absolute Gasteiger partial charge is 0.493 e. The number of methoxy groups -OCH3 is 1. The van der Waals surface area contributed by atoms with Gasteiger partial charge in [0.25, 0.3) is 5.91 Å². The van der Waals surface area contributed by atoms with Crippen LogP contribution in [0, 0.1) is 11.3 Å². The first kappa shape index (κ1) is 19.7. The Kier molecular flexibility index (Phi) is 5.72. The quantitative estimate of drug-likeness (QED) is 0.761. The molecule has 4 rings (SSSR count). The van der Waals surface area contributed by atoms with E-state index in [0.717, 1.165) is 37.7 Å². The predicted molar refractivity (Wildman–Crippen MR) is 106 cm³/mol. The third-order valence-electron chi connectivity index (χ3n) is 5.88. The van der Waals surface area contributed by atoms with Crippen LogP contribution in [0.2, 0.25) is 0 Å². The SMILES string of the molecule is COc1cccc2c(C(=O)N[C@H]3CCN(CC(O)N4CCC[C@H]4C#N)C3)coc12. The molecular weight excluding hydrogens is 372 g/mol. The lowest BCUT2D eigenvalue weighted by Crippen LogP contribution is -2.46. The van der Waals surface area contributed by atoms with E-state index in [-0.39, 0.29) is 18.0 Å². The zero-order chi connectivity index (χ0) is 20.4. The maximum Gasteiger partial charge on any atom is 0.255 e. The molecule has 0 bridgehead atoms. The average molecular weight is 398 g/mol. The summed E-state index contributed by atoms with van der Waals surface area (Å²) in [5.74, 6) is 0.425. The van der Waals surface area contributed by atoms with E-state index in [4.69, 9.17) is 9.15 Å². The van der Waals surface area contributed by atoms with E-state index in [1.165, 1.54) is 6.26 Å². The fourth-order valence-corrected chi connectivity index (χ4v) is 4.37. The second-order valence-corrected chi connectivity index (χ2v) is 7.71. The number of para-hydroxylation sites is 1. The smallest absolute Gasteiger partial charge is 0.255 e. The van der Waals surface area contributed by atoms with Crippen molar-refractivity contribution in [1.82, 2.24) is 15.1 Å². The second-order valence-electron chi connectivity index (χ2n) is 7.71. The summed E-state index contributed by atoms with van der Waals surface area (Å²) in [6.07, 6.45) is 3.39. The minimum Gasteiger partial charge on any atom is -0.493 e. The number of nitriles is 1. The Morgan fingerprint density at radius 3 is 3.10 bits per heavy atom. The highest BCUT2D eigenvalue weighted by atomic mass is 16.5. The first-order valence-corrected chi connectivity index (χ1v) is 10.0. The molecule has 0 radical (unpaired) electrons. The Morgan fingerprint density at radius 1 is 1.45 bits per heavy atom. The molecule has 2 N–H and O–H groups in total. The highest BCUT2D eigenvalue weighted by Gasteiger charge is 2.33. The Bertz CT molecular complexity index is 921. The number of carbonyl (C=O) groups excluding carboxylic acids is 1. The standard InChI is InChI=1S/C21H26N4O4/c1-28-18-6-2-5-16-17(13-29-20(16)18)21(27)23-14-7-9-24(11-14)12-19(26)25-8-3-4-15(25)10-22/h2,5-6,13-15,19,26H,3-4,7-9,11-12H2,1H3,(H,23,27)/t14-,15-,19?/m0/s1. The first-order chi connectivity index (χ1) is 14.1. The number of β-amino-alcohol motifs (C(OH)–C–C–N with tert-alkyl or cyclic N) is 1. The molecule has 2 aliphatic rings. The zero-order valence-corrected chi connectivity index (χ0v) is 16.5. The van der Waals surface area contributed by atoms with Crippen LogP contribution in [0.4, 0.5) is 0 Å². The number of furan rings is 1. The molecule has 29 heavy (non-hydrogen) atoms. The predicted octanol–water partition coefficient (Wildman–Crippen LogP) is 1.55. The number of nitrogens with zero attached hydrogens (tertiary/aromatic N) is 3. The lowest BCUT2D eigenvalue weighted by atomic mass is 10.1. The van der Waals surface area contributed by atoms with Crippen molar-refractivity contribution in [3.05, 3.63) is 30.0 Å². The summed E-state index contributed by atoms with van der Waals surface area (Å²) < 4.78 is 10.8. The Hall–Kier alpha value is -2.60. The number of likely N-dealkylation sites (tertiary alicyclic amines) is 2. The third kappa shape index (κ3) is 3.94. The molecule has 8 nitrogen and oxygen atoms in total. The van der Waals surface area contributed by atoms with Gasteiger partial charge < -0.3 is 19.6 Å². The number of hydrogen-bond donors (Lipinski definition) is 2. The maximum atomic E-state index is 12.8. The summed E-state index contributed by atoms with van der Waals surface area (Å²) in [6, 6.07) is 7.55. The molecule has 2 aliphatic heterocycles. The number of hydrogen-bond acceptors (Lipinski definition) is 7. The van der Waals surface area contributed by atoms with Gasteiger partial charge >= 0.3 is 0 Å². The zero-order valence-electron chi connectivity index (χ0n) is 16.5. The molecular formula is C21H26N4O4. The van der Waals surface area contributed by atoms with Crippen molar-refractivity contribution in [2.75, 3.05) is 33.3 Å². The lowest BCUT2D eigenvalue weighted by Gasteiger charge is -2.29. The van der Waals surface area contributed by atoms with Gasteiger partial charge in [0, 0.05) is 37.6 Å². The van der Waals surface area contributed by atoms with Crippen molar-refractivity contribution in [3.63, 3.8) is 0 Å². The molecule has 1 amide bonds. The van der Waals surface area contributed by atoms with Crippen LogP contribution in [-0.4, -0.2) is 72.4 Å². The van der Waals surface area contributed by atoms with Gasteiger partial charge in [-0.2, -0.15) is 5.26 Å². The van der Waals surface area contributed by atoms with E-state index in [2.05, 4.69) is 16.3 Å². The maximum absolute atomic E-state index is 12.8. The number of fused-ring (bicyclic) bond motifs is 1. The number of aliphatic hydroxyl groups is 1. The summed E-state index contributed by atoms with van der Waals surface area (Å²) in [6.45, 7) is 2.71. The first-order valence-electron chi connectivity index (χ1n) is 10.0. The average Bonchev–Trinajstić information content (AvgIpc) is 3.46. The van der Waals surface area contributed by atoms with E-state index in [0.29, 0.717) is 30.0 Å². The molecule has 1 aromatic carbocycles. The van der Waals surface area contributed by atoms with Crippen LogP contribution in [0.3, 0.4) is 0 Å². The van der Waals surface area contributed by atoms with E-state index in [9.17, 15) is 15.2 Å². The Morgan fingerprint density at radius 2 is 2.31 bits per heavy atom. The number of carbonyl (C=O) groups is 1. The highest BCUT2D eigenvalue weighted by molar-refractivity contribution is 6.07. The number of rotatable bonds is 6. The Labute approximate surface area is 169 Å². The molecule has 0 aliphatic carbocycles. The summed E-state index contributed by atoms with van der Waals surface area (Å²) >= 11 is 0. The number of ether oxygens (including phenoxy) is 1. The number of nitrogens with one attached hydrogen (secondary N) is 1. The van der Waals surface area contributed by atoms with Crippen LogP contribution < -0.4 is 10.1 Å². The highest BCUT2D eigenvalue weighted by Crippen LogP contribution is 2.29. The van der Waals surface area contributed by atoms with Crippen molar-refractivity contribution in [1.29, 1.82) is 5.26 Å². The van der Waals surface area contributed by atoms with E-state index in [1.54, 1.807) is 13.2 Å². The molecule has 1 aromatic heterocycles. The van der Waals surface area contributed by atoms with Gasteiger partial charge in [-0.1, -0.05) is 12.1 Å². The fraction of sp³-hybridized carbons (Fsp3) is 0.524. The molecule has 2 saturated heterocycles. The topological polar surface area (TPSA) is 102 Å². The van der Waals surface area contributed by atoms with Crippen LogP contribution in [0.5, 0.6) is 5.75 Å². The van der Waals surface area contributed by atoms with Crippen molar-refractivity contribution in [2.24, 2.45) is 0 Å². The van der Waals surface area contributed by atoms with Gasteiger partial charge in [0.1, 0.15) is 12.5 Å². The molecule has 154 valence electrons. The molecule has 2 aromatic rings. The summed E-state index contributed by atoms with van der Waals surface area (Å²) in [7, 11) is 1.57. The molecule has 0 saturated carbocycles. The normalized spacial score (nSPS) is 23.9. The summed E-state index contributed by atoms with van der Waals surface area (Å²) in [5, 5.41) is 23.5. The minimum absolute atomic E-state index is 0.00981. The van der Waals surface area contributed by atoms with Gasteiger partial charge in [-0.25, -0.2) is 0 Å². The van der Waals surface area contributed by atoms with Crippen molar-refractivity contribution < 1.29 is 19.1 Å². The number of aliphatic hydroxyl groups excluding tert-OH is 1. The molecule has 8 heteroatoms. The van der Waals surface area contributed by atoms with Crippen LogP contribution in [0.15, 0.2) is 28.9 Å². The van der Waals surface area contributed by atoms with Crippen LogP contribution >= 0.6 is 0 Å². The van der Waals surface area contributed by atoms with Crippen LogP contribution in [0.25, 0.3) is 11.0 Å². The van der Waals surface area contributed by atoms with Crippen molar-refractivity contribution in [2.45, 2.75) is 37.6 Å². The lowest BCUT2D eigenvalue weighted by molar-refractivity contribution is -0.0148. The van der Waals surface area contributed by atoms with Crippen LogP contribution in [-0.2, 0) is 0 Å². The van der Waals surface area contributed by atoms with Gasteiger partial charge in [-0.3, -0.25) is 14.6 Å². The molecule has 3 atom stereocenters. The van der Waals surface area contributed by atoms with Crippen molar-refractivity contribution in [3.8, 4) is 11.8 Å². The van der Waals surface area contributed by atoms with Crippen LogP contribution in [0.1, 0.15) is 29.6 Å². The van der Waals surface area contributed by atoms with Crippen molar-refractivity contribution >= 4 is 16.9 Å². The second kappa shape index (κ2) is 8.41. The monoisotopic (exact) mass is 398 g/mol. The number of amides is 1. The molecule has 0 spiro atoms. The van der Waals surface area contributed by atoms with Gasteiger partial charge in [0.2, 0.25) is 0 Å². The molecule has 2 fully saturated rings. The van der Waals surface area contributed by atoms with Gasteiger partial charge in [-0.05, 0) is 25.3 Å². The van der Waals surface area contributed by atoms with E-state index < -0.39 is 6.23 Å².